The predicted molar refractivity (Wildman–Crippen MR) is 77.2 cm³/mol. The maximum Gasteiger partial charge on any atom is 0.225 e. The number of rotatable bonds is 5. The summed E-state index contributed by atoms with van der Waals surface area (Å²) in [4.78, 5) is 12.0. The Balaban J connectivity index is 1.79. The summed E-state index contributed by atoms with van der Waals surface area (Å²) in [5.74, 6) is 0.0987. The molecular formula is C15H25N3O2. The van der Waals surface area contributed by atoms with E-state index in [-0.39, 0.29) is 11.8 Å². The maximum atomic E-state index is 12.0. The topological polar surface area (TPSA) is 67.2 Å². The minimum absolute atomic E-state index is 0.00443. The Morgan fingerprint density at radius 2 is 2.30 bits per heavy atom. The lowest BCUT2D eigenvalue weighted by atomic mass is 10.0. The van der Waals surface area contributed by atoms with Crippen LogP contribution < -0.4 is 5.32 Å². The summed E-state index contributed by atoms with van der Waals surface area (Å²) in [6, 6.07) is 2.06. The van der Waals surface area contributed by atoms with E-state index >= 15 is 0 Å². The van der Waals surface area contributed by atoms with Crippen LogP contribution in [0.15, 0.2) is 6.07 Å². The van der Waals surface area contributed by atoms with E-state index in [0.29, 0.717) is 12.5 Å². The number of aliphatic hydroxyl groups is 1. The van der Waals surface area contributed by atoms with Crippen LogP contribution in [0.3, 0.4) is 0 Å². The first-order valence-corrected chi connectivity index (χ1v) is 7.44. The van der Waals surface area contributed by atoms with Crippen molar-refractivity contribution in [3.05, 3.63) is 17.5 Å². The molecule has 1 aliphatic carbocycles. The molecule has 5 heteroatoms. The van der Waals surface area contributed by atoms with Gasteiger partial charge in [0, 0.05) is 18.8 Å². The third-order valence-electron chi connectivity index (χ3n) is 4.03. The van der Waals surface area contributed by atoms with Crippen molar-refractivity contribution in [2.45, 2.75) is 52.7 Å². The van der Waals surface area contributed by atoms with Gasteiger partial charge in [0.1, 0.15) is 0 Å². The average molecular weight is 279 g/mol. The second-order valence-corrected chi connectivity index (χ2v) is 6.06. The summed E-state index contributed by atoms with van der Waals surface area (Å²) in [6.07, 6.45) is 2.04. The van der Waals surface area contributed by atoms with Crippen LogP contribution >= 0.6 is 0 Å². The molecule has 1 aliphatic rings. The number of amides is 1. The van der Waals surface area contributed by atoms with Crippen LogP contribution in [0.1, 0.15) is 37.6 Å². The van der Waals surface area contributed by atoms with Crippen molar-refractivity contribution in [2.75, 3.05) is 6.54 Å². The molecular weight excluding hydrogens is 254 g/mol. The molecule has 5 nitrogen and oxygen atoms in total. The third kappa shape index (κ3) is 3.60. The number of aromatic nitrogens is 2. The van der Waals surface area contributed by atoms with Crippen LogP contribution in [0, 0.1) is 25.7 Å². The van der Waals surface area contributed by atoms with E-state index in [4.69, 9.17) is 0 Å². The molecule has 2 N–H and O–H groups in total. The highest BCUT2D eigenvalue weighted by atomic mass is 16.3. The summed E-state index contributed by atoms with van der Waals surface area (Å²) in [5, 5.41) is 17.1. The zero-order chi connectivity index (χ0) is 14.7. The van der Waals surface area contributed by atoms with Crippen molar-refractivity contribution < 1.29 is 9.90 Å². The van der Waals surface area contributed by atoms with Crippen molar-refractivity contribution in [1.29, 1.82) is 0 Å². The molecule has 1 fully saturated rings. The Morgan fingerprint density at radius 1 is 1.55 bits per heavy atom. The number of nitrogens with zero attached hydrogens (tertiary/aromatic N) is 2. The Bertz CT molecular complexity index is 470. The van der Waals surface area contributed by atoms with E-state index < -0.39 is 6.10 Å². The standard InChI is InChI=1S/C15H25N3O2/c1-10(9-18-12(3)7-11(2)17-18)8-16-15(20)13-5-4-6-14(13)19/h7,10,13-14,19H,4-6,8-9H2,1-3H3,(H,16,20). The first-order chi connectivity index (χ1) is 9.47. The van der Waals surface area contributed by atoms with Gasteiger partial charge in [-0.15, -0.1) is 0 Å². The highest BCUT2D eigenvalue weighted by molar-refractivity contribution is 5.79. The van der Waals surface area contributed by atoms with E-state index in [1.54, 1.807) is 0 Å². The number of hydrogen-bond donors (Lipinski definition) is 2. The lowest BCUT2D eigenvalue weighted by Gasteiger charge is -2.17. The van der Waals surface area contributed by atoms with Gasteiger partial charge in [0.25, 0.3) is 0 Å². The Kier molecular flexibility index (Phi) is 4.81. The number of hydrogen-bond acceptors (Lipinski definition) is 3. The first kappa shape index (κ1) is 15.0. The second-order valence-electron chi connectivity index (χ2n) is 6.06. The van der Waals surface area contributed by atoms with Crippen LogP contribution in [0.2, 0.25) is 0 Å². The van der Waals surface area contributed by atoms with Crippen molar-refractivity contribution in [3.8, 4) is 0 Å². The van der Waals surface area contributed by atoms with Gasteiger partial charge in [-0.3, -0.25) is 9.48 Å². The van der Waals surface area contributed by atoms with Crippen LogP contribution in [-0.2, 0) is 11.3 Å². The molecule has 0 saturated heterocycles. The molecule has 0 bridgehead atoms. The van der Waals surface area contributed by atoms with Crippen molar-refractivity contribution in [3.63, 3.8) is 0 Å². The van der Waals surface area contributed by atoms with Crippen LogP contribution in [0.25, 0.3) is 0 Å². The highest BCUT2D eigenvalue weighted by Gasteiger charge is 2.31. The fourth-order valence-corrected chi connectivity index (χ4v) is 2.87. The maximum absolute atomic E-state index is 12.0. The van der Waals surface area contributed by atoms with Gasteiger partial charge < -0.3 is 10.4 Å². The molecule has 0 aliphatic heterocycles. The van der Waals surface area contributed by atoms with Crippen LogP contribution in [0.5, 0.6) is 0 Å². The van der Waals surface area contributed by atoms with Gasteiger partial charge in [0.15, 0.2) is 0 Å². The molecule has 2 rings (SSSR count). The van der Waals surface area contributed by atoms with Gasteiger partial charge in [-0.25, -0.2) is 0 Å². The summed E-state index contributed by atoms with van der Waals surface area (Å²) >= 11 is 0. The summed E-state index contributed by atoms with van der Waals surface area (Å²) < 4.78 is 1.98. The minimum atomic E-state index is -0.457. The molecule has 1 heterocycles. The van der Waals surface area contributed by atoms with E-state index in [2.05, 4.69) is 23.4 Å². The average Bonchev–Trinajstić information content (AvgIpc) is 2.93. The lowest BCUT2D eigenvalue weighted by molar-refractivity contribution is -0.127. The van der Waals surface area contributed by atoms with E-state index in [1.165, 1.54) is 0 Å². The second kappa shape index (κ2) is 6.39. The normalized spacial score (nSPS) is 23.8. The van der Waals surface area contributed by atoms with Gasteiger partial charge in [-0.2, -0.15) is 5.10 Å². The molecule has 0 spiro atoms. The molecule has 1 amide bonds. The predicted octanol–water partition coefficient (Wildman–Crippen LogP) is 1.41. The summed E-state index contributed by atoms with van der Waals surface area (Å²) in [6.45, 7) is 7.55. The van der Waals surface area contributed by atoms with Crippen molar-refractivity contribution in [1.82, 2.24) is 15.1 Å². The van der Waals surface area contributed by atoms with E-state index in [9.17, 15) is 9.90 Å². The smallest absolute Gasteiger partial charge is 0.225 e. The van der Waals surface area contributed by atoms with Gasteiger partial charge in [-0.1, -0.05) is 6.92 Å². The van der Waals surface area contributed by atoms with E-state index in [1.807, 2.05) is 18.5 Å². The lowest BCUT2D eigenvalue weighted by Crippen LogP contribution is -2.37. The Morgan fingerprint density at radius 3 is 2.85 bits per heavy atom. The number of aliphatic hydroxyl groups excluding tert-OH is 1. The van der Waals surface area contributed by atoms with Gasteiger partial charge in [-0.05, 0) is 45.1 Å². The molecule has 1 aromatic rings. The number of carbonyl (C=O) groups excluding carboxylic acids is 1. The number of nitrogens with one attached hydrogen (secondary N) is 1. The molecule has 1 saturated carbocycles. The summed E-state index contributed by atoms with van der Waals surface area (Å²) in [5.41, 5.74) is 2.17. The molecule has 3 atom stereocenters. The first-order valence-electron chi connectivity index (χ1n) is 7.44. The van der Waals surface area contributed by atoms with Gasteiger partial charge >= 0.3 is 0 Å². The molecule has 20 heavy (non-hydrogen) atoms. The molecule has 3 unspecified atom stereocenters. The van der Waals surface area contributed by atoms with E-state index in [0.717, 1.165) is 37.2 Å². The number of carbonyl (C=O) groups is 1. The zero-order valence-corrected chi connectivity index (χ0v) is 12.6. The van der Waals surface area contributed by atoms with Crippen LogP contribution in [0.4, 0.5) is 0 Å². The summed E-state index contributed by atoms with van der Waals surface area (Å²) in [7, 11) is 0. The largest absolute Gasteiger partial charge is 0.392 e. The number of aryl methyl sites for hydroxylation is 2. The minimum Gasteiger partial charge on any atom is -0.392 e. The zero-order valence-electron chi connectivity index (χ0n) is 12.6. The highest BCUT2D eigenvalue weighted by Crippen LogP contribution is 2.25. The Labute approximate surface area is 120 Å². The van der Waals surface area contributed by atoms with Crippen LogP contribution in [-0.4, -0.2) is 33.4 Å². The third-order valence-corrected chi connectivity index (χ3v) is 4.03. The quantitative estimate of drug-likeness (QED) is 0.856. The van der Waals surface area contributed by atoms with Crippen molar-refractivity contribution in [2.24, 2.45) is 11.8 Å². The molecule has 0 radical (unpaired) electrons. The van der Waals surface area contributed by atoms with Gasteiger partial charge in [0.05, 0.1) is 17.7 Å². The monoisotopic (exact) mass is 279 g/mol. The fraction of sp³-hybridized carbons (Fsp3) is 0.733. The molecule has 1 aromatic heterocycles. The van der Waals surface area contributed by atoms with Crippen molar-refractivity contribution >= 4 is 5.91 Å². The van der Waals surface area contributed by atoms with Gasteiger partial charge in [0.2, 0.25) is 5.91 Å². The Hall–Kier alpha value is -1.36. The SMILES string of the molecule is Cc1cc(C)n(CC(C)CNC(=O)C2CCCC2O)n1. The molecule has 112 valence electrons. The fourth-order valence-electron chi connectivity index (χ4n) is 2.87. The molecule has 0 aromatic carbocycles.